The smallest absolute Gasteiger partial charge is 0.318 e. The second kappa shape index (κ2) is 8.49. The molecule has 0 spiro atoms. The molecular weight excluding hydrogens is 306 g/mol. The van der Waals surface area contributed by atoms with Gasteiger partial charge in [-0.2, -0.15) is 0 Å². The van der Waals surface area contributed by atoms with Gasteiger partial charge in [0.05, 0.1) is 18.3 Å². The molecule has 0 bridgehead atoms. The van der Waals surface area contributed by atoms with Crippen LogP contribution in [0, 0.1) is 13.8 Å². The number of nitrogens with one attached hydrogen (secondary N) is 1. The van der Waals surface area contributed by atoms with E-state index in [-0.39, 0.29) is 25.2 Å². The highest BCUT2D eigenvalue weighted by atomic mass is 16.5. The van der Waals surface area contributed by atoms with Crippen molar-refractivity contribution >= 4 is 6.03 Å². The average molecular weight is 331 g/mol. The van der Waals surface area contributed by atoms with Crippen molar-refractivity contribution in [2.24, 2.45) is 0 Å². The second-order valence-electron chi connectivity index (χ2n) is 5.78. The Hall–Kier alpha value is -2.34. The molecule has 0 aliphatic heterocycles. The molecule has 6 heteroatoms. The number of carbonyl (C=O) groups is 1. The summed E-state index contributed by atoms with van der Waals surface area (Å²) >= 11 is 0. The van der Waals surface area contributed by atoms with Gasteiger partial charge in [-0.05, 0) is 25.8 Å². The van der Waals surface area contributed by atoms with E-state index in [1.54, 1.807) is 4.90 Å². The molecule has 0 saturated carbocycles. The van der Waals surface area contributed by atoms with Crippen LogP contribution in [0.15, 0.2) is 34.9 Å². The van der Waals surface area contributed by atoms with E-state index in [1.807, 2.05) is 51.1 Å². The number of aliphatic hydroxyl groups is 1. The first kappa shape index (κ1) is 18.0. The van der Waals surface area contributed by atoms with Gasteiger partial charge in [-0.3, -0.25) is 0 Å². The molecule has 1 atom stereocenters. The first-order valence-corrected chi connectivity index (χ1v) is 8.19. The Morgan fingerprint density at radius 3 is 2.58 bits per heavy atom. The van der Waals surface area contributed by atoms with Gasteiger partial charge in [0, 0.05) is 18.7 Å². The Balaban J connectivity index is 2.11. The zero-order valence-electron chi connectivity index (χ0n) is 14.5. The maximum atomic E-state index is 12.7. The Kier molecular flexibility index (Phi) is 6.37. The summed E-state index contributed by atoms with van der Waals surface area (Å²) in [4.78, 5) is 14.3. The van der Waals surface area contributed by atoms with Gasteiger partial charge in [0.2, 0.25) is 0 Å². The minimum atomic E-state index is -0.209. The van der Waals surface area contributed by atoms with Crippen LogP contribution < -0.4 is 5.32 Å². The number of hydrogen-bond acceptors (Lipinski definition) is 4. The lowest BCUT2D eigenvalue weighted by molar-refractivity contribution is 0.170. The van der Waals surface area contributed by atoms with Gasteiger partial charge in [0.1, 0.15) is 5.76 Å². The standard InChI is InChI=1S/C18H25N3O3/c1-4-16(17-13(2)20-24-14(17)3)19-18(23)21(10-11-22)12-15-8-6-5-7-9-15/h5-9,16,22H,4,10-12H2,1-3H3,(H,19,23). The molecule has 0 fully saturated rings. The van der Waals surface area contributed by atoms with Gasteiger partial charge in [-0.25, -0.2) is 4.79 Å². The number of aliphatic hydroxyl groups excluding tert-OH is 1. The summed E-state index contributed by atoms with van der Waals surface area (Å²) < 4.78 is 5.21. The molecule has 0 saturated heterocycles. The number of carbonyl (C=O) groups excluding carboxylic acids is 1. The fraction of sp³-hybridized carbons (Fsp3) is 0.444. The summed E-state index contributed by atoms with van der Waals surface area (Å²) in [7, 11) is 0. The maximum absolute atomic E-state index is 12.7. The summed E-state index contributed by atoms with van der Waals surface area (Å²) in [6.45, 7) is 6.37. The van der Waals surface area contributed by atoms with Crippen LogP contribution in [0.2, 0.25) is 0 Å². The molecule has 1 unspecified atom stereocenters. The number of aryl methyl sites for hydroxylation is 2. The van der Waals surface area contributed by atoms with Crippen LogP contribution in [0.25, 0.3) is 0 Å². The van der Waals surface area contributed by atoms with Gasteiger partial charge in [0.25, 0.3) is 0 Å². The zero-order chi connectivity index (χ0) is 17.5. The number of rotatable bonds is 7. The molecule has 1 aromatic carbocycles. The van der Waals surface area contributed by atoms with E-state index in [0.29, 0.717) is 6.54 Å². The van der Waals surface area contributed by atoms with Gasteiger partial charge in [-0.15, -0.1) is 0 Å². The van der Waals surface area contributed by atoms with Crippen LogP contribution in [0.5, 0.6) is 0 Å². The van der Waals surface area contributed by atoms with E-state index in [2.05, 4.69) is 10.5 Å². The number of hydrogen-bond donors (Lipinski definition) is 2. The van der Waals surface area contributed by atoms with Crippen molar-refractivity contribution in [2.75, 3.05) is 13.2 Å². The lowest BCUT2D eigenvalue weighted by atomic mass is 10.0. The third kappa shape index (κ3) is 4.35. The van der Waals surface area contributed by atoms with Gasteiger partial charge < -0.3 is 19.8 Å². The van der Waals surface area contributed by atoms with Crippen LogP contribution in [0.4, 0.5) is 4.79 Å². The molecule has 0 aliphatic carbocycles. The molecule has 0 radical (unpaired) electrons. The molecule has 130 valence electrons. The predicted molar refractivity (Wildman–Crippen MR) is 91.5 cm³/mol. The van der Waals surface area contributed by atoms with Crippen LogP contribution in [0.1, 0.15) is 42.0 Å². The number of urea groups is 1. The third-order valence-corrected chi connectivity index (χ3v) is 4.02. The van der Waals surface area contributed by atoms with E-state index in [9.17, 15) is 9.90 Å². The van der Waals surface area contributed by atoms with Crippen LogP contribution in [0.3, 0.4) is 0 Å². The van der Waals surface area contributed by atoms with Gasteiger partial charge in [-0.1, -0.05) is 42.4 Å². The molecule has 2 rings (SSSR count). The lowest BCUT2D eigenvalue weighted by Crippen LogP contribution is -2.42. The maximum Gasteiger partial charge on any atom is 0.318 e. The highest BCUT2D eigenvalue weighted by Gasteiger charge is 2.23. The van der Waals surface area contributed by atoms with Crippen molar-refractivity contribution in [3.8, 4) is 0 Å². The highest BCUT2D eigenvalue weighted by Crippen LogP contribution is 2.24. The predicted octanol–water partition coefficient (Wildman–Crippen LogP) is 2.95. The monoisotopic (exact) mass is 331 g/mol. The van der Waals surface area contributed by atoms with Crippen molar-refractivity contribution in [3.05, 3.63) is 52.9 Å². The van der Waals surface area contributed by atoms with E-state index in [4.69, 9.17) is 4.52 Å². The van der Waals surface area contributed by atoms with Crippen molar-refractivity contribution in [1.82, 2.24) is 15.4 Å². The largest absolute Gasteiger partial charge is 0.395 e. The van der Waals surface area contributed by atoms with E-state index in [0.717, 1.165) is 29.0 Å². The van der Waals surface area contributed by atoms with Crippen LogP contribution in [-0.4, -0.2) is 34.3 Å². The van der Waals surface area contributed by atoms with Gasteiger partial charge >= 0.3 is 6.03 Å². The van der Waals surface area contributed by atoms with Crippen molar-refractivity contribution < 1.29 is 14.4 Å². The molecule has 2 N–H and O–H groups in total. The van der Waals surface area contributed by atoms with E-state index < -0.39 is 0 Å². The summed E-state index contributed by atoms with van der Waals surface area (Å²) in [6.07, 6.45) is 0.729. The number of benzene rings is 1. The summed E-state index contributed by atoms with van der Waals surface area (Å²) in [5, 5.41) is 16.3. The molecule has 1 aromatic heterocycles. The SMILES string of the molecule is CCC(NC(=O)N(CCO)Cc1ccccc1)c1c(C)noc1C. The first-order valence-electron chi connectivity index (χ1n) is 8.19. The van der Waals surface area contributed by atoms with E-state index in [1.165, 1.54) is 0 Å². The summed E-state index contributed by atoms with van der Waals surface area (Å²) in [6, 6.07) is 9.35. The zero-order valence-corrected chi connectivity index (χ0v) is 14.5. The van der Waals surface area contributed by atoms with Crippen molar-refractivity contribution in [1.29, 1.82) is 0 Å². The minimum absolute atomic E-state index is 0.0810. The Morgan fingerprint density at radius 1 is 1.33 bits per heavy atom. The van der Waals surface area contributed by atoms with E-state index >= 15 is 0 Å². The summed E-state index contributed by atoms with van der Waals surface area (Å²) in [5.74, 6) is 0.719. The molecule has 2 amide bonds. The lowest BCUT2D eigenvalue weighted by Gasteiger charge is -2.26. The summed E-state index contributed by atoms with van der Waals surface area (Å²) in [5.41, 5.74) is 2.73. The minimum Gasteiger partial charge on any atom is -0.395 e. The molecule has 2 aromatic rings. The van der Waals surface area contributed by atoms with Crippen molar-refractivity contribution in [3.63, 3.8) is 0 Å². The van der Waals surface area contributed by atoms with Crippen LogP contribution in [-0.2, 0) is 6.54 Å². The fourth-order valence-corrected chi connectivity index (χ4v) is 2.78. The quantitative estimate of drug-likeness (QED) is 0.817. The number of aromatic nitrogens is 1. The topological polar surface area (TPSA) is 78.6 Å². The second-order valence-corrected chi connectivity index (χ2v) is 5.78. The van der Waals surface area contributed by atoms with Crippen LogP contribution >= 0.6 is 0 Å². The highest BCUT2D eigenvalue weighted by molar-refractivity contribution is 5.74. The third-order valence-electron chi connectivity index (χ3n) is 4.02. The fourth-order valence-electron chi connectivity index (χ4n) is 2.78. The Morgan fingerprint density at radius 2 is 2.04 bits per heavy atom. The average Bonchev–Trinajstić information content (AvgIpc) is 2.92. The number of nitrogens with zero attached hydrogens (tertiary/aromatic N) is 2. The Labute approximate surface area is 142 Å². The molecule has 1 heterocycles. The molecule has 24 heavy (non-hydrogen) atoms. The Bertz CT molecular complexity index is 635. The normalized spacial score (nSPS) is 12.0. The number of amides is 2. The molecule has 0 aliphatic rings. The molecule has 6 nitrogen and oxygen atoms in total. The van der Waals surface area contributed by atoms with Crippen molar-refractivity contribution in [2.45, 2.75) is 39.8 Å². The first-order chi connectivity index (χ1) is 11.6. The molecular formula is C18H25N3O3. The van der Waals surface area contributed by atoms with Gasteiger partial charge in [0.15, 0.2) is 0 Å².